The van der Waals surface area contributed by atoms with Crippen LogP contribution in [0.25, 0.3) is 0 Å². The van der Waals surface area contributed by atoms with Gasteiger partial charge in [0, 0.05) is 0 Å². The zero-order valence-electron chi connectivity index (χ0n) is 9.54. The minimum absolute atomic E-state index is 0.00523. The van der Waals surface area contributed by atoms with Crippen LogP contribution in [0.2, 0.25) is 0 Å². The molecule has 6 heteroatoms. The Bertz CT molecular complexity index is 640. The van der Waals surface area contributed by atoms with Crippen LogP contribution in [0.1, 0.15) is 13.3 Å². The molecule has 0 radical (unpaired) electrons. The third-order valence-corrected chi connectivity index (χ3v) is 4.41. The van der Waals surface area contributed by atoms with Crippen LogP contribution in [-0.4, -0.2) is 20.2 Å². The lowest BCUT2D eigenvalue weighted by molar-refractivity contribution is -0.143. The first-order chi connectivity index (χ1) is 8.43. The predicted molar refractivity (Wildman–Crippen MR) is 62.0 cm³/mol. The summed E-state index contributed by atoms with van der Waals surface area (Å²) >= 11 is 0. The number of hydrogen-bond donors (Lipinski definition) is 0. The molecule has 0 fully saturated rings. The molecule has 1 aliphatic heterocycles. The summed E-state index contributed by atoms with van der Waals surface area (Å²) in [5.74, 6) is -1.63. The van der Waals surface area contributed by atoms with Crippen molar-refractivity contribution < 1.29 is 22.7 Å². The Morgan fingerprint density at radius 3 is 2.28 bits per heavy atom. The van der Waals surface area contributed by atoms with E-state index in [4.69, 9.17) is 4.74 Å². The van der Waals surface area contributed by atoms with Gasteiger partial charge in [-0.1, -0.05) is 18.2 Å². The van der Waals surface area contributed by atoms with Gasteiger partial charge in [0.25, 0.3) is 0 Å². The van der Waals surface area contributed by atoms with Crippen LogP contribution in [0.3, 0.4) is 0 Å². The van der Waals surface area contributed by atoms with E-state index in [0.717, 1.165) is 0 Å². The highest BCUT2D eigenvalue weighted by Gasteiger charge is 2.35. The lowest BCUT2D eigenvalue weighted by Crippen LogP contribution is -2.25. The molecule has 1 aromatic rings. The molecule has 0 atom stereocenters. The van der Waals surface area contributed by atoms with Gasteiger partial charge in [0.15, 0.2) is 10.7 Å². The lowest BCUT2D eigenvalue weighted by atomic mass is 10.2. The van der Waals surface area contributed by atoms with Crippen molar-refractivity contribution in [2.24, 2.45) is 0 Å². The number of carbonyl (C=O) groups is 2. The van der Waals surface area contributed by atoms with Gasteiger partial charge in [0.05, 0.1) is 4.90 Å². The van der Waals surface area contributed by atoms with E-state index in [2.05, 4.69) is 0 Å². The van der Waals surface area contributed by atoms with Crippen molar-refractivity contribution in [1.29, 1.82) is 0 Å². The van der Waals surface area contributed by atoms with E-state index in [9.17, 15) is 18.0 Å². The van der Waals surface area contributed by atoms with Crippen molar-refractivity contribution in [3.63, 3.8) is 0 Å². The average Bonchev–Trinajstić information content (AvgIpc) is 2.28. The van der Waals surface area contributed by atoms with Crippen molar-refractivity contribution in [3.8, 4) is 0 Å². The van der Waals surface area contributed by atoms with Crippen LogP contribution in [0.4, 0.5) is 0 Å². The summed E-state index contributed by atoms with van der Waals surface area (Å²) in [6.45, 7) is 1.30. The monoisotopic (exact) mass is 266 g/mol. The van der Waals surface area contributed by atoms with E-state index >= 15 is 0 Å². The third-order valence-electron chi connectivity index (χ3n) is 2.47. The average molecular weight is 266 g/mol. The number of esters is 1. The molecule has 0 N–H and O–H groups in total. The van der Waals surface area contributed by atoms with Crippen LogP contribution in [0.5, 0.6) is 0 Å². The summed E-state index contributed by atoms with van der Waals surface area (Å²) in [6.07, 6.45) is -0.543. The fourth-order valence-electron chi connectivity index (χ4n) is 1.72. The minimum Gasteiger partial charge on any atom is -0.429 e. The second-order valence-electron chi connectivity index (χ2n) is 3.78. The number of carbonyl (C=O) groups excluding carboxylic acids is 2. The van der Waals surface area contributed by atoms with Crippen LogP contribution in [0, 0.1) is 0 Å². The van der Waals surface area contributed by atoms with E-state index in [1.807, 2.05) is 0 Å². The first kappa shape index (κ1) is 12.5. The Hall–Kier alpha value is -1.95. The molecule has 0 aromatic heterocycles. The Morgan fingerprint density at radius 1 is 1.11 bits per heavy atom. The molecule has 0 saturated heterocycles. The van der Waals surface area contributed by atoms with Crippen molar-refractivity contribution >= 4 is 21.6 Å². The second kappa shape index (κ2) is 4.38. The number of benzene rings is 1. The Balaban J connectivity index is 2.58. The van der Waals surface area contributed by atoms with Gasteiger partial charge in [-0.2, -0.15) is 0 Å². The summed E-state index contributed by atoms with van der Waals surface area (Å²) < 4.78 is 29.2. The molecule has 1 aliphatic rings. The topological polar surface area (TPSA) is 77.5 Å². The van der Waals surface area contributed by atoms with Crippen LogP contribution in [0.15, 0.2) is 45.9 Å². The van der Waals surface area contributed by atoms with Crippen LogP contribution < -0.4 is 0 Å². The van der Waals surface area contributed by atoms with E-state index < -0.39 is 32.9 Å². The van der Waals surface area contributed by atoms with Crippen LogP contribution in [-0.2, 0) is 24.2 Å². The Labute approximate surface area is 104 Å². The molecule has 18 heavy (non-hydrogen) atoms. The minimum atomic E-state index is -3.93. The summed E-state index contributed by atoms with van der Waals surface area (Å²) in [6, 6.07) is 7.56. The number of sulfone groups is 1. The number of cyclic esters (lactones) is 1. The lowest BCUT2D eigenvalue weighted by Gasteiger charge is -2.16. The summed E-state index contributed by atoms with van der Waals surface area (Å²) in [4.78, 5) is 22.3. The molecule has 0 bridgehead atoms. The largest absolute Gasteiger partial charge is 0.429 e. The van der Waals surface area contributed by atoms with E-state index in [1.54, 1.807) is 18.2 Å². The number of rotatable bonds is 2. The summed E-state index contributed by atoms with van der Waals surface area (Å²) in [5, 5.41) is 0. The maximum atomic E-state index is 12.2. The molecule has 0 aliphatic carbocycles. The van der Waals surface area contributed by atoms with Crippen LogP contribution >= 0.6 is 0 Å². The first-order valence-corrected chi connectivity index (χ1v) is 6.66. The molecule has 0 saturated carbocycles. The Morgan fingerprint density at radius 2 is 1.72 bits per heavy atom. The normalized spacial score (nSPS) is 16.7. The maximum Gasteiger partial charge on any atom is 0.318 e. The smallest absolute Gasteiger partial charge is 0.318 e. The molecule has 1 heterocycles. The summed E-state index contributed by atoms with van der Waals surface area (Å²) in [7, 11) is -3.93. The van der Waals surface area contributed by atoms with Gasteiger partial charge in [-0.3, -0.25) is 9.59 Å². The molecule has 1 aromatic carbocycles. The molecule has 0 unspecified atom stereocenters. The molecular formula is C12H10O5S. The predicted octanol–water partition coefficient (Wildman–Crippen LogP) is 1.21. The van der Waals surface area contributed by atoms with E-state index in [1.165, 1.54) is 19.1 Å². The van der Waals surface area contributed by atoms with E-state index in [0.29, 0.717) is 0 Å². The number of ether oxygens (including phenoxy) is 1. The highest BCUT2D eigenvalue weighted by atomic mass is 32.2. The second-order valence-corrected chi connectivity index (χ2v) is 5.66. The standard InChI is InChI=1S/C12H10O5S/c1-8-12(10(13)7-11(14)17-8)18(15,16)9-5-3-2-4-6-9/h2-6H,7H2,1H3. The summed E-state index contributed by atoms with van der Waals surface area (Å²) in [5.41, 5.74) is 0. The number of ketones is 1. The fourth-order valence-corrected chi connectivity index (χ4v) is 3.26. The van der Waals surface area contributed by atoms with Gasteiger partial charge in [-0.15, -0.1) is 0 Å². The molecular weight excluding hydrogens is 256 g/mol. The SMILES string of the molecule is CC1=C(S(=O)(=O)c2ccccc2)C(=O)CC(=O)O1. The number of hydrogen-bond acceptors (Lipinski definition) is 5. The molecule has 5 nitrogen and oxygen atoms in total. The maximum absolute atomic E-state index is 12.2. The first-order valence-electron chi connectivity index (χ1n) is 5.18. The quantitative estimate of drug-likeness (QED) is 0.594. The van der Waals surface area contributed by atoms with E-state index in [-0.39, 0.29) is 10.7 Å². The fraction of sp³-hybridized carbons (Fsp3) is 0.167. The van der Waals surface area contributed by atoms with Crippen molar-refractivity contribution in [1.82, 2.24) is 0 Å². The Kier molecular flexibility index (Phi) is 3.04. The van der Waals surface area contributed by atoms with Gasteiger partial charge in [0.1, 0.15) is 12.2 Å². The highest BCUT2D eigenvalue weighted by molar-refractivity contribution is 7.96. The van der Waals surface area contributed by atoms with Gasteiger partial charge >= 0.3 is 5.97 Å². The molecule has 0 spiro atoms. The molecule has 0 amide bonds. The molecule has 94 valence electrons. The number of Topliss-reactive ketones (excluding diaryl/α,β-unsaturated/α-hetero) is 1. The molecule has 2 rings (SSSR count). The zero-order valence-corrected chi connectivity index (χ0v) is 10.4. The number of allylic oxidation sites excluding steroid dienone is 2. The van der Waals surface area contributed by atoms with Crippen molar-refractivity contribution in [3.05, 3.63) is 41.0 Å². The van der Waals surface area contributed by atoms with Gasteiger partial charge in [-0.25, -0.2) is 8.42 Å². The highest BCUT2D eigenvalue weighted by Crippen LogP contribution is 2.27. The van der Waals surface area contributed by atoms with Gasteiger partial charge in [0.2, 0.25) is 9.84 Å². The third kappa shape index (κ3) is 2.06. The van der Waals surface area contributed by atoms with Gasteiger partial charge in [-0.05, 0) is 19.1 Å². The van der Waals surface area contributed by atoms with Crippen molar-refractivity contribution in [2.75, 3.05) is 0 Å². The van der Waals surface area contributed by atoms with Gasteiger partial charge < -0.3 is 4.74 Å². The van der Waals surface area contributed by atoms with Crippen molar-refractivity contribution in [2.45, 2.75) is 18.2 Å². The zero-order chi connectivity index (χ0) is 13.3.